The molecule has 1 aliphatic rings. The molecule has 1 heterocycles. The molecule has 6 nitrogen and oxygen atoms in total. The first-order valence-electron chi connectivity index (χ1n) is 5.47. The first kappa shape index (κ1) is 15.1. The van der Waals surface area contributed by atoms with Crippen LogP contribution in [0.1, 0.15) is 6.42 Å². The molecule has 0 aliphatic carbocycles. The zero-order chi connectivity index (χ0) is 15.1. The first-order chi connectivity index (χ1) is 9.08. The van der Waals surface area contributed by atoms with Crippen molar-refractivity contribution in [3.05, 3.63) is 23.8 Å². The van der Waals surface area contributed by atoms with Crippen LogP contribution in [0.3, 0.4) is 0 Å². The molecule has 1 aliphatic heterocycles. The van der Waals surface area contributed by atoms with Gasteiger partial charge in [-0.3, -0.25) is 0 Å². The lowest BCUT2D eigenvalue weighted by atomic mass is 10.3. The van der Waals surface area contributed by atoms with Gasteiger partial charge >= 0.3 is 0 Å². The fourth-order valence-electron chi connectivity index (χ4n) is 1.88. The zero-order valence-electron chi connectivity index (χ0n) is 10.0. The van der Waals surface area contributed by atoms with E-state index >= 15 is 0 Å². The predicted molar refractivity (Wildman–Crippen MR) is 65.4 cm³/mol. The lowest BCUT2D eigenvalue weighted by Gasteiger charge is -2.15. The largest absolute Gasteiger partial charge is 0.485 e. The molecule has 1 saturated heterocycles. The third kappa shape index (κ3) is 3.25. The number of hydrogen-bond donors (Lipinski definition) is 1. The van der Waals surface area contributed by atoms with E-state index in [-0.39, 0.29) is 17.9 Å². The van der Waals surface area contributed by atoms with Crippen molar-refractivity contribution in [1.29, 1.82) is 0 Å². The van der Waals surface area contributed by atoms with Gasteiger partial charge in [0.1, 0.15) is 16.8 Å². The standard InChI is InChI=1S/C10H11F2NO5S2/c11-6-3-8(12)10(9(4-6)20(13,16)17)18-7-1-2-19(14,15)5-7/h3-4,7H,1-2,5H2,(H2,13,16,17). The summed E-state index contributed by atoms with van der Waals surface area (Å²) in [6.45, 7) is 0. The highest BCUT2D eigenvalue weighted by Crippen LogP contribution is 2.30. The summed E-state index contributed by atoms with van der Waals surface area (Å²) in [5.41, 5.74) is 0. The number of sulfone groups is 1. The molecule has 1 aromatic rings. The fourth-order valence-corrected chi connectivity index (χ4v) is 4.15. The SMILES string of the molecule is NS(=O)(=O)c1cc(F)cc(F)c1OC1CCS(=O)(=O)C1. The molecule has 0 saturated carbocycles. The summed E-state index contributed by atoms with van der Waals surface area (Å²) < 4.78 is 77.0. The van der Waals surface area contributed by atoms with Gasteiger partial charge in [0, 0.05) is 6.07 Å². The van der Waals surface area contributed by atoms with Gasteiger partial charge in [0.15, 0.2) is 21.4 Å². The van der Waals surface area contributed by atoms with E-state index in [1.165, 1.54) is 0 Å². The predicted octanol–water partition coefficient (Wildman–Crippen LogP) is 0.178. The summed E-state index contributed by atoms with van der Waals surface area (Å²) in [6.07, 6.45) is -0.788. The van der Waals surface area contributed by atoms with Crippen molar-refractivity contribution in [1.82, 2.24) is 0 Å². The molecule has 10 heteroatoms. The van der Waals surface area contributed by atoms with Crippen LogP contribution in [0.25, 0.3) is 0 Å². The number of halogens is 2. The number of ether oxygens (including phenoxy) is 1. The molecule has 112 valence electrons. The van der Waals surface area contributed by atoms with Crippen LogP contribution < -0.4 is 9.88 Å². The maximum absolute atomic E-state index is 13.7. The Bertz CT molecular complexity index is 745. The second-order valence-corrected chi connectivity index (χ2v) is 8.16. The van der Waals surface area contributed by atoms with E-state index in [2.05, 4.69) is 0 Å². The highest BCUT2D eigenvalue weighted by molar-refractivity contribution is 7.91. The summed E-state index contributed by atoms with van der Waals surface area (Å²) >= 11 is 0. The molecule has 2 rings (SSSR count). The summed E-state index contributed by atoms with van der Waals surface area (Å²) in [5, 5.41) is 4.86. The number of sulfonamides is 1. The molecular weight excluding hydrogens is 316 g/mol. The number of nitrogens with two attached hydrogens (primary N) is 1. The van der Waals surface area contributed by atoms with Gasteiger partial charge in [-0.1, -0.05) is 0 Å². The topological polar surface area (TPSA) is 104 Å². The van der Waals surface area contributed by atoms with Crippen molar-refractivity contribution in [2.45, 2.75) is 17.4 Å². The molecule has 1 unspecified atom stereocenters. The Morgan fingerprint density at radius 3 is 2.45 bits per heavy atom. The quantitative estimate of drug-likeness (QED) is 0.853. The van der Waals surface area contributed by atoms with Crippen LogP contribution >= 0.6 is 0 Å². The highest BCUT2D eigenvalue weighted by atomic mass is 32.2. The van der Waals surface area contributed by atoms with Gasteiger partial charge in [-0.05, 0) is 12.5 Å². The minimum atomic E-state index is -4.40. The Morgan fingerprint density at radius 1 is 1.30 bits per heavy atom. The van der Waals surface area contributed by atoms with Crippen molar-refractivity contribution in [3.8, 4) is 5.75 Å². The Morgan fingerprint density at radius 2 is 1.95 bits per heavy atom. The lowest BCUT2D eigenvalue weighted by molar-refractivity contribution is 0.211. The third-order valence-electron chi connectivity index (χ3n) is 2.76. The van der Waals surface area contributed by atoms with Crippen molar-refractivity contribution in [3.63, 3.8) is 0 Å². The van der Waals surface area contributed by atoms with Crippen LogP contribution in [0.5, 0.6) is 5.75 Å². The second kappa shape index (κ2) is 4.93. The molecule has 1 aromatic carbocycles. The van der Waals surface area contributed by atoms with Crippen LogP contribution in [-0.4, -0.2) is 34.4 Å². The van der Waals surface area contributed by atoms with Gasteiger partial charge in [0.05, 0.1) is 11.5 Å². The Kier molecular flexibility index (Phi) is 3.73. The van der Waals surface area contributed by atoms with Crippen molar-refractivity contribution >= 4 is 19.9 Å². The zero-order valence-corrected chi connectivity index (χ0v) is 11.7. The van der Waals surface area contributed by atoms with Crippen molar-refractivity contribution in [2.24, 2.45) is 5.14 Å². The number of benzene rings is 1. The lowest BCUT2D eigenvalue weighted by Crippen LogP contribution is -2.22. The summed E-state index contributed by atoms with van der Waals surface area (Å²) in [6, 6.07) is 0.963. The first-order valence-corrected chi connectivity index (χ1v) is 8.84. The molecule has 1 atom stereocenters. The normalized spacial score (nSPS) is 21.9. The van der Waals surface area contributed by atoms with E-state index in [1.807, 2.05) is 0 Å². The fraction of sp³-hybridized carbons (Fsp3) is 0.400. The van der Waals surface area contributed by atoms with Gasteiger partial charge in [-0.25, -0.2) is 30.8 Å². The highest BCUT2D eigenvalue weighted by Gasteiger charge is 2.32. The Labute approximate surface area is 114 Å². The summed E-state index contributed by atoms with van der Waals surface area (Å²) in [4.78, 5) is -0.848. The van der Waals surface area contributed by atoms with Crippen molar-refractivity contribution in [2.75, 3.05) is 11.5 Å². The van der Waals surface area contributed by atoms with Gasteiger partial charge in [-0.2, -0.15) is 0 Å². The average molecular weight is 327 g/mol. The van der Waals surface area contributed by atoms with Crippen LogP contribution in [0.2, 0.25) is 0 Å². The maximum Gasteiger partial charge on any atom is 0.241 e. The molecule has 0 aromatic heterocycles. The van der Waals surface area contributed by atoms with E-state index in [0.717, 1.165) is 0 Å². The molecule has 1 fully saturated rings. The third-order valence-corrected chi connectivity index (χ3v) is 5.41. The minimum absolute atomic E-state index is 0.100. The average Bonchev–Trinajstić information content (AvgIpc) is 2.60. The van der Waals surface area contributed by atoms with Gasteiger partial charge in [0.25, 0.3) is 0 Å². The van der Waals surface area contributed by atoms with Crippen LogP contribution in [0.15, 0.2) is 17.0 Å². The molecular formula is C10H11F2NO5S2. The molecule has 20 heavy (non-hydrogen) atoms. The van der Waals surface area contributed by atoms with Gasteiger partial charge in [0.2, 0.25) is 10.0 Å². The Balaban J connectivity index is 2.42. The summed E-state index contributed by atoms with van der Waals surface area (Å²) in [7, 11) is -7.69. The number of rotatable bonds is 3. The molecule has 0 spiro atoms. The van der Waals surface area contributed by atoms with Crippen molar-refractivity contribution < 1.29 is 30.4 Å². The minimum Gasteiger partial charge on any atom is -0.485 e. The molecule has 0 radical (unpaired) electrons. The van der Waals surface area contributed by atoms with E-state index in [0.29, 0.717) is 12.1 Å². The van der Waals surface area contributed by atoms with Crippen LogP contribution in [0, 0.1) is 11.6 Å². The number of primary sulfonamides is 1. The Hall–Kier alpha value is -1.26. The molecule has 0 bridgehead atoms. The van der Waals surface area contributed by atoms with Gasteiger partial charge in [-0.15, -0.1) is 0 Å². The second-order valence-electron chi connectivity index (χ2n) is 4.40. The molecule has 2 N–H and O–H groups in total. The van der Waals surface area contributed by atoms with E-state index in [1.54, 1.807) is 0 Å². The maximum atomic E-state index is 13.7. The van der Waals surface area contributed by atoms with Gasteiger partial charge < -0.3 is 4.74 Å². The van der Waals surface area contributed by atoms with E-state index in [9.17, 15) is 25.6 Å². The monoisotopic (exact) mass is 327 g/mol. The van der Waals surface area contributed by atoms with Crippen LogP contribution in [-0.2, 0) is 19.9 Å². The molecule has 0 amide bonds. The van der Waals surface area contributed by atoms with Crippen LogP contribution in [0.4, 0.5) is 8.78 Å². The summed E-state index contributed by atoms with van der Waals surface area (Å²) in [5.74, 6) is -3.62. The number of hydrogen-bond acceptors (Lipinski definition) is 5. The van der Waals surface area contributed by atoms with E-state index in [4.69, 9.17) is 9.88 Å². The smallest absolute Gasteiger partial charge is 0.241 e. The van der Waals surface area contributed by atoms with E-state index < -0.39 is 48.2 Å².